The molecule has 2 N–H and O–H groups in total. The first-order valence-electron chi connectivity index (χ1n) is 6.59. The Balaban J connectivity index is 2.07. The van der Waals surface area contributed by atoms with E-state index >= 15 is 0 Å². The first-order chi connectivity index (χ1) is 10.7. The Kier molecular flexibility index (Phi) is 3.57. The number of hydrogen-bond donors (Lipinski definition) is 2. The van der Waals surface area contributed by atoms with Crippen molar-refractivity contribution >= 4 is 28.2 Å². The molecule has 0 amide bonds. The molecule has 0 radical (unpaired) electrons. The number of aromatic nitrogens is 2. The summed E-state index contributed by atoms with van der Waals surface area (Å²) in [7, 11) is 1.31. The number of rotatable bonds is 3. The van der Waals surface area contributed by atoms with Gasteiger partial charge in [0.1, 0.15) is 5.75 Å². The summed E-state index contributed by atoms with van der Waals surface area (Å²) < 4.78 is 4.73. The first-order valence-corrected chi connectivity index (χ1v) is 6.59. The van der Waals surface area contributed by atoms with E-state index in [4.69, 9.17) is 4.74 Å². The van der Waals surface area contributed by atoms with E-state index in [0.717, 1.165) is 11.1 Å². The van der Waals surface area contributed by atoms with Crippen molar-refractivity contribution in [3.8, 4) is 5.75 Å². The number of aromatic hydroxyl groups is 1. The van der Waals surface area contributed by atoms with E-state index in [1.807, 2.05) is 18.2 Å². The minimum Gasteiger partial charge on any atom is -0.508 e. The summed E-state index contributed by atoms with van der Waals surface area (Å²) in [5, 5.41) is 21.9. The molecule has 22 heavy (non-hydrogen) atoms. The molecular weight excluding hydrogens is 282 g/mol. The normalized spacial score (nSPS) is 10.4. The third-order valence-electron chi connectivity index (χ3n) is 3.20. The molecule has 3 rings (SSSR count). The maximum atomic E-state index is 11.8. The third-order valence-corrected chi connectivity index (χ3v) is 3.20. The van der Waals surface area contributed by atoms with Gasteiger partial charge in [0.2, 0.25) is 0 Å². The van der Waals surface area contributed by atoms with Crippen LogP contribution < -0.4 is 5.32 Å². The highest BCUT2D eigenvalue weighted by atomic mass is 16.5. The Morgan fingerprint density at radius 1 is 1.05 bits per heavy atom. The van der Waals surface area contributed by atoms with Gasteiger partial charge in [-0.3, -0.25) is 0 Å². The number of carbonyl (C=O) groups is 1. The van der Waals surface area contributed by atoms with Crippen molar-refractivity contribution in [3.05, 3.63) is 54.2 Å². The number of phenolic OH excluding ortho intramolecular Hbond substituents is 1. The van der Waals surface area contributed by atoms with Crippen LogP contribution in [0.1, 0.15) is 10.5 Å². The van der Waals surface area contributed by atoms with Gasteiger partial charge in [0.25, 0.3) is 0 Å². The number of ether oxygens (including phenoxy) is 1. The Labute approximate surface area is 126 Å². The van der Waals surface area contributed by atoms with E-state index < -0.39 is 5.97 Å². The Morgan fingerprint density at radius 3 is 2.41 bits per heavy atom. The van der Waals surface area contributed by atoms with Crippen LogP contribution in [-0.4, -0.2) is 28.4 Å². The maximum absolute atomic E-state index is 11.8. The zero-order valence-corrected chi connectivity index (χ0v) is 11.8. The van der Waals surface area contributed by atoms with Crippen molar-refractivity contribution in [2.24, 2.45) is 0 Å². The van der Waals surface area contributed by atoms with Gasteiger partial charge in [0.15, 0.2) is 11.5 Å². The van der Waals surface area contributed by atoms with Gasteiger partial charge < -0.3 is 15.2 Å². The minimum atomic E-state index is -0.528. The monoisotopic (exact) mass is 295 g/mol. The Bertz CT molecular complexity index is 832. The maximum Gasteiger partial charge on any atom is 0.359 e. The van der Waals surface area contributed by atoms with Crippen LogP contribution in [0.25, 0.3) is 10.8 Å². The van der Waals surface area contributed by atoms with Crippen molar-refractivity contribution in [1.29, 1.82) is 0 Å². The van der Waals surface area contributed by atoms with Crippen LogP contribution in [0.3, 0.4) is 0 Å². The lowest BCUT2D eigenvalue weighted by atomic mass is 10.1. The number of hydrogen-bond acceptors (Lipinski definition) is 6. The molecule has 3 aromatic rings. The quantitative estimate of drug-likeness (QED) is 0.571. The summed E-state index contributed by atoms with van der Waals surface area (Å²) in [6.07, 6.45) is 0. The molecule has 2 aromatic carbocycles. The van der Waals surface area contributed by atoms with Crippen LogP contribution in [0.4, 0.5) is 11.5 Å². The van der Waals surface area contributed by atoms with Gasteiger partial charge in [-0.05, 0) is 24.3 Å². The van der Waals surface area contributed by atoms with Crippen LogP contribution in [-0.2, 0) is 4.74 Å². The van der Waals surface area contributed by atoms with Crippen molar-refractivity contribution in [2.45, 2.75) is 0 Å². The highest BCUT2D eigenvalue weighted by Crippen LogP contribution is 2.26. The van der Waals surface area contributed by atoms with E-state index in [1.165, 1.54) is 7.11 Å². The molecule has 6 heteroatoms. The fourth-order valence-corrected chi connectivity index (χ4v) is 2.13. The summed E-state index contributed by atoms with van der Waals surface area (Å²) in [4.78, 5) is 11.8. The fraction of sp³-hybridized carbons (Fsp3) is 0.0625. The second-order valence-corrected chi connectivity index (χ2v) is 4.61. The largest absolute Gasteiger partial charge is 0.508 e. The number of esters is 1. The minimum absolute atomic E-state index is 0.175. The predicted octanol–water partition coefficient (Wildman–Crippen LogP) is 2.87. The van der Waals surface area contributed by atoms with Crippen molar-refractivity contribution in [2.75, 3.05) is 12.4 Å². The molecule has 0 bridgehead atoms. The van der Waals surface area contributed by atoms with Gasteiger partial charge in [0, 0.05) is 16.5 Å². The topological polar surface area (TPSA) is 84.3 Å². The molecule has 0 spiro atoms. The molecule has 110 valence electrons. The number of nitrogens with zero attached hydrogens (tertiary/aromatic N) is 2. The number of methoxy groups -OCH3 is 1. The standard InChI is InChI=1S/C16H13N3O3/c1-22-16(21)14-12-4-2-3-5-13(12)15(19-18-14)17-10-6-8-11(20)9-7-10/h2-9,20H,1H3,(H,17,19). The molecule has 0 saturated carbocycles. The van der Waals surface area contributed by atoms with Gasteiger partial charge in [-0.2, -0.15) is 0 Å². The molecule has 1 aromatic heterocycles. The molecular formula is C16H13N3O3. The van der Waals surface area contributed by atoms with E-state index in [1.54, 1.807) is 30.3 Å². The number of fused-ring (bicyclic) bond motifs is 1. The summed E-state index contributed by atoms with van der Waals surface area (Å²) in [5.74, 6) is 0.177. The molecule has 0 unspecified atom stereocenters. The number of anilines is 2. The fourth-order valence-electron chi connectivity index (χ4n) is 2.13. The molecule has 0 aliphatic heterocycles. The van der Waals surface area contributed by atoms with Crippen LogP contribution in [0, 0.1) is 0 Å². The third kappa shape index (κ3) is 2.54. The lowest BCUT2D eigenvalue weighted by Crippen LogP contribution is -2.08. The van der Waals surface area contributed by atoms with Gasteiger partial charge >= 0.3 is 5.97 Å². The van der Waals surface area contributed by atoms with Crippen LogP contribution >= 0.6 is 0 Å². The number of carbonyl (C=O) groups excluding carboxylic acids is 1. The SMILES string of the molecule is COC(=O)c1nnc(Nc2ccc(O)cc2)c2ccccc12. The van der Waals surface area contributed by atoms with Gasteiger partial charge in [-0.15, -0.1) is 10.2 Å². The lowest BCUT2D eigenvalue weighted by molar-refractivity contribution is 0.0595. The number of benzene rings is 2. The molecule has 0 aliphatic carbocycles. The van der Waals surface area contributed by atoms with Crippen LogP contribution in [0.15, 0.2) is 48.5 Å². The van der Waals surface area contributed by atoms with Crippen LogP contribution in [0.2, 0.25) is 0 Å². The smallest absolute Gasteiger partial charge is 0.359 e. The molecule has 0 aliphatic rings. The van der Waals surface area contributed by atoms with Gasteiger partial charge in [-0.25, -0.2) is 4.79 Å². The van der Waals surface area contributed by atoms with Crippen LogP contribution in [0.5, 0.6) is 5.75 Å². The number of nitrogens with one attached hydrogen (secondary N) is 1. The molecule has 6 nitrogen and oxygen atoms in total. The first kappa shape index (κ1) is 13.8. The van der Waals surface area contributed by atoms with Crippen molar-refractivity contribution < 1.29 is 14.6 Å². The summed E-state index contributed by atoms with van der Waals surface area (Å²) in [6, 6.07) is 13.9. The summed E-state index contributed by atoms with van der Waals surface area (Å²) in [5.41, 5.74) is 0.928. The summed E-state index contributed by atoms with van der Waals surface area (Å²) >= 11 is 0. The second-order valence-electron chi connectivity index (χ2n) is 4.61. The van der Waals surface area contributed by atoms with Gasteiger partial charge in [-0.1, -0.05) is 24.3 Å². The average Bonchev–Trinajstić information content (AvgIpc) is 2.56. The molecule has 0 atom stereocenters. The van der Waals surface area contributed by atoms with E-state index in [9.17, 15) is 9.90 Å². The van der Waals surface area contributed by atoms with Crippen molar-refractivity contribution in [1.82, 2.24) is 10.2 Å². The molecule has 0 fully saturated rings. The highest BCUT2D eigenvalue weighted by molar-refractivity contribution is 6.05. The zero-order valence-electron chi connectivity index (χ0n) is 11.8. The van der Waals surface area contributed by atoms with Crippen molar-refractivity contribution in [3.63, 3.8) is 0 Å². The highest BCUT2D eigenvalue weighted by Gasteiger charge is 2.15. The second kappa shape index (κ2) is 5.69. The van der Waals surface area contributed by atoms with E-state index in [-0.39, 0.29) is 11.4 Å². The average molecular weight is 295 g/mol. The number of phenols is 1. The predicted molar refractivity (Wildman–Crippen MR) is 82.3 cm³/mol. The van der Waals surface area contributed by atoms with Gasteiger partial charge in [0.05, 0.1) is 7.11 Å². The molecule has 0 saturated heterocycles. The lowest BCUT2D eigenvalue weighted by Gasteiger charge is -2.10. The van der Waals surface area contributed by atoms with E-state index in [2.05, 4.69) is 15.5 Å². The Morgan fingerprint density at radius 2 is 1.73 bits per heavy atom. The molecule has 1 heterocycles. The zero-order chi connectivity index (χ0) is 15.5. The summed E-state index contributed by atoms with van der Waals surface area (Å²) in [6.45, 7) is 0. The Hall–Kier alpha value is -3.15. The van der Waals surface area contributed by atoms with E-state index in [0.29, 0.717) is 11.2 Å².